The zero-order valence-corrected chi connectivity index (χ0v) is 45.6. The molecule has 396 valence electrons. The SMILES string of the molecule is CC/C=C\C/C=C\C/C=C\C/C=C\CCCCCCCCCCCCCCCCCCCCCCCCC(=O)NC(CO)C(O)/C=C/CC/C=C/CCCCCCCCCCCCCCCCC. The monoisotopic (exact) mass is 948 g/mol. The molecule has 68 heavy (non-hydrogen) atoms. The molecule has 0 aromatic heterocycles. The third-order valence-electron chi connectivity index (χ3n) is 13.7. The van der Waals surface area contributed by atoms with E-state index in [0.29, 0.717) is 6.42 Å². The molecule has 0 bridgehead atoms. The zero-order valence-electron chi connectivity index (χ0n) is 45.6. The van der Waals surface area contributed by atoms with Gasteiger partial charge >= 0.3 is 0 Å². The summed E-state index contributed by atoms with van der Waals surface area (Å²) in [5.41, 5.74) is 0. The number of hydrogen-bond donors (Lipinski definition) is 3. The van der Waals surface area contributed by atoms with Crippen LogP contribution in [0, 0.1) is 0 Å². The fourth-order valence-electron chi connectivity index (χ4n) is 9.13. The van der Waals surface area contributed by atoms with Gasteiger partial charge in [0.25, 0.3) is 0 Å². The molecular weight excluding hydrogens is 831 g/mol. The highest BCUT2D eigenvalue weighted by Crippen LogP contribution is 2.17. The lowest BCUT2D eigenvalue weighted by Gasteiger charge is -2.19. The molecule has 0 saturated carbocycles. The number of hydrogen-bond acceptors (Lipinski definition) is 3. The van der Waals surface area contributed by atoms with Crippen molar-refractivity contribution >= 4 is 5.91 Å². The van der Waals surface area contributed by atoms with Crippen LogP contribution in [0.25, 0.3) is 0 Å². The quantitative estimate of drug-likeness (QED) is 0.0420. The molecular formula is C64H117NO3. The van der Waals surface area contributed by atoms with E-state index in [0.717, 1.165) is 57.8 Å². The Kier molecular flexibility index (Phi) is 57.3. The van der Waals surface area contributed by atoms with Gasteiger partial charge in [-0.15, -0.1) is 0 Å². The van der Waals surface area contributed by atoms with Crippen LogP contribution >= 0.6 is 0 Å². The first-order valence-electron chi connectivity index (χ1n) is 30.2. The molecule has 0 aliphatic heterocycles. The Labute approximate surface area is 425 Å². The lowest BCUT2D eigenvalue weighted by Crippen LogP contribution is -2.45. The first-order valence-corrected chi connectivity index (χ1v) is 30.2. The molecule has 0 heterocycles. The van der Waals surface area contributed by atoms with Crippen molar-refractivity contribution in [3.8, 4) is 0 Å². The minimum atomic E-state index is -0.864. The molecule has 3 N–H and O–H groups in total. The molecule has 1 amide bonds. The number of nitrogens with one attached hydrogen (secondary N) is 1. The second kappa shape index (κ2) is 59.1. The summed E-state index contributed by atoms with van der Waals surface area (Å²) in [5, 5.41) is 23.2. The molecule has 0 saturated heterocycles. The van der Waals surface area contributed by atoms with E-state index in [9.17, 15) is 15.0 Å². The largest absolute Gasteiger partial charge is 0.394 e. The molecule has 4 heteroatoms. The van der Waals surface area contributed by atoms with Crippen LogP contribution in [0.3, 0.4) is 0 Å². The van der Waals surface area contributed by atoms with E-state index in [2.05, 4.69) is 79.9 Å². The van der Waals surface area contributed by atoms with E-state index in [-0.39, 0.29) is 12.5 Å². The van der Waals surface area contributed by atoms with E-state index in [1.165, 1.54) is 231 Å². The van der Waals surface area contributed by atoms with Crippen molar-refractivity contribution in [2.24, 2.45) is 0 Å². The van der Waals surface area contributed by atoms with Crippen LogP contribution in [-0.4, -0.2) is 34.9 Å². The number of carbonyl (C=O) groups excluding carboxylic acids is 1. The Hall–Kier alpha value is -2.17. The van der Waals surface area contributed by atoms with Crippen LogP contribution in [0.4, 0.5) is 0 Å². The molecule has 0 fully saturated rings. The Bertz CT molecular complexity index is 1170. The molecule has 0 aromatic carbocycles. The normalized spacial score (nSPS) is 13.3. The maximum Gasteiger partial charge on any atom is 0.220 e. The Balaban J connectivity index is 3.47. The van der Waals surface area contributed by atoms with Crippen molar-refractivity contribution in [1.82, 2.24) is 5.32 Å². The highest BCUT2D eigenvalue weighted by Gasteiger charge is 2.18. The zero-order chi connectivity index (χ0) is 49.2. The summed E-state index contributed by atoms with van der Waals surface area (Å²) in [5.74, 6) is -0.0698. The third kappa shape index (κ3) is 54.8. The van der Waals surface area contributed by atoms with Crippen LogP contribution in [-0.2, 0) is 4.79 Å². The summed E-state index contributed by atoms with van der Waals surface area (Å²) >= 11 is 0. The second-order valence-corrected chi connectivity index (χ2v) is 20.4. The third-order valence-corrected chi connectivity index (χ3v) is 13.7. The van der Waals surface area contributed by atoms with Gasteiger partial charge in [-0.05, 0) is 70.6 Å². The van der Waals surface area contributed by atoms with E-state index >= 15 is 0 Å². The average Bonchev–Trinajstić information content (AvgIpc) is 3.34. The lowest BCUT2D eigenvalue weighted by molar-refractivity contribution is -0.123. The predicted octanol–water partition coefficient (Wildman–Crippen LogP) is 20.1. The van der Waals surface area contributed by atoms with Gasteiger partial charge in [-0.2, -0.15) is 0 Å². The summed E-state index contributed by atoms with van der Waals surface area (Å²) in [6, 6.07) is -0.640. The predicted molar refractivity (Wildman–Crippen MR) is 304 cm³/mol. The Morgan fingerprint density at radius 1 is 0.368 bits per heavy atom. The second-order valence-electron chi connectivity index (χ2n) is 20.4. The van der Waals surface area contributed by atoms with Crippen molar-refractivity contribution in [1.29, 1.82) is 0 Å². The van der Waals surface area contributed by atoms with Crippen molar-refractivity contribution in [3.05, 3.63) is 72.9 Å². The summed E-state index contributed by atoms with van der Waals surface area (Å²) in [6.07, 6.45) is 85.2. The number of unbranched alkanes of at least 4 members (excludes halogenated alkanes) is 38. The number of rotatable bonds is 55. The van der Waals surface area contributed by atoms with Crippen LogP contribution in [0.15, 0.2) is 72.9 Å². The molecule has 0 aliphatic rings. The minimum Gasteiger partial charge on any atom is -0.394 e. The van der Waals surface area contributed by atoms with Crippen LogP contribution in [0.5, 0.6) is 0 Å². The summed E-state index contributed by atoms with van der Waals surface area (Å²) < 4.78 is 0. The fraction of sp³-hybridized carbons (Fsp3) is 0.797. The van der Waals surface area contributed by atoms with Gasteiger partial charge in [-0.3, -0.25) is 4.79 Å². The number of allylic oxidation sites excluding steroid dienone is 11. The van der Waals surface area contributed by atoms with E-state index in [1.807, 2.05) is 6.08 Å². The van der Waals surface area contributed by atoms with E-state index < -0.39 is 12.1 Å². The summed E-state index contributed by atoms with van der Waals surface area (Å²) in [4.78, 5) is 12.5. The Morgan fingerprint density at radius 2 is 0.662 bits per heavy atom. The van der Waals surface area contributed by atoms with Gasteiger partial charge < -0.3 is 15.5 Å². The van der Waals surface area contributed by atoms with Crippen molar-refractivity contribution in [3.63, 3.8) is 0 Å². The maximum absolute atomic E-state index is 12.5. The average molecular weight is 949 g/mol. The molecule has 2 unspecified atom stereocenters. The maximum atomic E-state index is 12.5. The summed E-state index contributed by atoms with van der Waals surface area (Å²) in [7, 11) is 0. The standard InChI is InChI=1S/C64H117NO3/c1-3-5-7-9-11-13-15-17-19-21-23-25-26-27-28-29-30-31-32-33-34-35-36-37-38-40-42-44-46-48-50-52-54-56-58-60-64(68)65-62(61-66)63(67)59-57-55-53-51-49-47-45-43-41-39-24-22-20-18-16-14-12-10-8-6-4-2/h5,7,11,13,17,19,23,25,49,51,57,59,62-63,66-67H,3-4,6,8-10,12,14-16,18,20-22,24,26-48,50,52-56,58,60-61H2,1-2H3,(H,65,68)/b7-5-,13-11-,19-17-,25-23-,51-49+,59-57+. The smallest absolute Gasteiger partial charge is 0.220 e. The van der Waals surface area contributed by atoms with Gasteiger partial charge in [0.05, 0.1) is 18.8 Å². The van der Waals surface area contributed by atoms with Crippen molar-refractivity contribution in [2.45, 2.75) is 321 Å². The molecule has 0 rings (SSSR count). The van der Waals surface area contributed by atoms with Crippen LogP contribution in [0.2, 0.25) is 0 Å². The van der Waals surface area contributed by atoms with Crippen LogP contribution in [0.1, 0.15) is 309 Å². The number of carbonyl (C=O) groups is 1. The molecule has 0 radical (unpaired) electrons. The fourth-order valence-corrected chi connectivity index (χ4v) is 9.13. The van der Waals surface area contributed by atoms with Gasteiger partial charge in [-0.1, -0.05) is 305 Å². The van der Waals surface area contributed by atoms with Gasteiger partial charge in [0.2, 0.25) is 5.91 Å². The first-order chi connectivity index (χ1) is 33.7. The number of amides is 1. The van der Waals surface area contributed by atoms with Gasteiger partial charge in [0, 0.05) is 6.42 Å². The lowest BCUT2D eigenvalue weighted by atomic mass is 10.0. The highest BCUT2D eigenvalue weighted by molar-refractivity contribution is 5.76. The van der Waals surface area contributed by atoms with Gasteiger partial charge in [-0.25, -0.2) is 0 Å². The van der Waals surface area contributed by atoms with Gasteiger partial charge in [0.1, 0.15) is 0 Å². The summed E-state index contributed by atoms with van der Waals surface area (Å²) in [6.45, 7) is 4.21. The van der Waals surface area contributed by atoms with Crippen LogP contribution < -0.4 is 5.32 Å². The van der Waals surface area contributed by atoms with E-state index in [4.69, 9.17) is 0 Å². The highest BCUT2D eigenvalue weighted by atomic mass is 16.3. The topological polar surface area (TPSA) is 69.6 Å². The molecule has 4 nitrogen and oxygen atoms in total. The van der Waals surface area contributed by atoms with Gasteiger partial charge in [0.15, 0.2) is 0 Å². The molecule has 0 aliphatic carbocycles. The van der Waals surface area contributed by atoms with Crippen molar-refractivity contribution in [2.75, 3.05) is 6.61 Å². The number of aliphatic hydroxyl groups is 2. The minimum absolute atomic E-state index is 0.0698. The van der Waals surface area contributed by atoms with Crippen molar-refractivity contribution < 1.29 is 15.0 Å². The number of aliphatic hydroxyl groups excluding tert-OH is 2. The van der Waals surface area contributed by atoms with E-state index in [1.54, 1.807) is 6.08 Å². The first kappa shape index (κ1) is 65.8. The molecule has 0 spiro atoms. The molecule has 2 atom stereocenters. The Morgan fingerprint density at radius 3 is 1.03 bits per heavy atom. The molecule has 0 aromatic rings.